The highest BCUT2D eigenvalue weighted by atomic mass is 16.1. The van der Waals surface area contributed by atoms with Gasteiger partial charge in [-0.05, 0) is 30.8 Å². The highest BCUT2D eigenvalue weighted by Gasteiger charge is 2.27. The Labute approximate surface area is 62.1 Å². The van der Waals surface area contributed by atoms with Crippen LogP contribution in [0.1, 0.15) is 33.6 Å². The van der Waals surface area contributed by atoms with Gasteiger partial charge in [0.2, 0.25) is 0 Å². The van der Waals surface area contributed by atoms with Crippen molar-refractivity contribution in [1.82, 2.24) is 0 Å². The first-order valence-corrected chi connectivity index (χ1v) is 3.69. The summed E-state index contributed by atoms with van der Waals surface area (Å²) < 4.78 is 0. The summed E-state index contributed by atoms with van der Waals surface area (Å²) in [7, 11) is 0. The summed E-state index contributed by atoms with van der Waals surface area (Å²) in [6, 6.07) is 0. The SMILES string of the molecule is CC1=C(C=O)CC(C)(C)C1. The van der Waals surface area contributed by atoms with E-state index in [0.29, 0.717) is 5.41 Å². The molecule has 1 heteroatoms. The third-order valence-electron chi connectivity index (χ3n) is 2.10. The molecule has 0 heterocycles. The first-order chi connectivity index (χ1) is 4.55. The summed E-state index contributed by atoms with van der Waals surface area (Å²) in [5.41, 5.74) is 2.63. The van der Waals surface area contributed by atoms with Crippen molar-refractivity contribution in [2.45, 2.75) is 33.6 Å². The molecule has 10 heavy (non-hydrogen) atoms. The molecule has 56 valence electrons. The number of hydrogen-bond donors (Lipinski definition) is 0. The summed E-state index contributed by atoms with van der Waals surface area (Å²) >= 11 is 0. The van der Waals surface area contributed by atoms with Gasteiger partial charge in [-0.25, -0.2) is 0 Å². The Morgan fingerprint density at radius 2 is 2.00 bits per heavy atom. The second-order valence-corrected chi connectivity index (χ2v) is 3.94. The number of allylic oxidation sites excluding steroid dienone is 2. The molecule has 0 spiro atoms. The van der Waals surface area contributed by atoms with Gasteiger partial charge in [-0.1, -0.05) is 19.4 Å². The third-order valence-corrected chi connectivity index (χ3v) is 2.10. The van der Waals surface area contributed by atoms with Crippen molar-refractivity contribution in [3.63, 3.8) is 0 Å². The maximum Gasteiger partial charge on any atom is 0.145 e. The minimum Gasteiger partial charge on any atom is -0.298 e. The molecule has 0 bridgehead atoms. The lowest BCUT2D eigenvalue weighted by Gasteiger charge is -2.15. The molecular weight excluding hydrogens is 124 g/mol. The fourth-order valence-electron chi connectivity index (χ4n) is 1.70. The van der Waals surface area contributed by atoms with Crippen molar-refractivity contribution >= 4 is 6.29 Å². The second-order valence-electron chi connectivity index (χ2n) is 3.94. The molecule has 0 fully saturated rings. The lowest BCUT2D eigenvalue weighted by Crippen LogP contribution is -2.05. The number of aldehydes is 1. The molecule has 0 aliphatic heterocycles. The van der Waals surface area contributed by atoms with Crippen LogP contribution in [0.2, 0.25) is 0 Å². The summed E-state index contributed by atoms with van der Waals surface area (Å²) in [6.07, 6.45) is 3.05. The van der Waals surface area contributed by atoms with E-state index in [9.17, 15) is 4.79 Å². The molecule has 0 saturated heterocycles. The normalized spacial score (nSPS) is 23.5. The topological polar surface area (TPSA) is 17.1 Å². The van der Waals surface area contributed by atoms with Crippen LogP contribution >= 0.6 is 0 Å². The number of rotatable bonds is 1. The minimum atomic E-state index is 0.334. The van der Waals surface area contributed by atoms with E-state index in [1.54, 1.807) is 0 Å². The minimum absolute atomic E-state index is 0.334. The Hall–Kier alpha value is -0.590. The van der Waals surface area contributed by atoms with Gasteiger partial charge in [-0.2, -0.15) is 0 Å². The van der Waals surface area contributed by atoms with Crippen molar-refractivity contribution in [3.8, 4) is 0 Å². The molecule has 1 nitrogen and oxygen atoms in total. The maximum absolute atomic E-state index is 10.4. The van der Waals surface area contributed by atoms with Crippen LogP contribution in [-0.2, 0) is 4.79 Å². The van der Waals surface area contributed by atoms with Crippen LogP contribution < -0.4 is 0 Å². The Balaban J connectivity index is 2.77. The Bertz CT molecular complexity index is 187. The molecule has 0 saturated carbocycles. The molecule has 0 atom stereocenters. The molecule has 1 aliphatic carbocycles. The first kappa shape index (κ1) is 7.52. The zero-order chi connectivity index (χ0) is 7.78. The van der Waals surface area contributed by atoms with Crippen molar-refractivity contribution < 1.29 is 4.79 Å². The molecule has 0 N–H and O–H groups in total. The summed E-state index contributed by atoms with van der Waals surface area (Å²) in [4.78, 5) is 10.4. The zero-order valence-corrected chi connectivity index (χ0v) is 6.90. The van der Waals surface area contributed by atoms with Crippen molar-refractivity contribution in [2.24, 2.45) is 5.41 Å². The third kappa shape index (κ3) is 1.28. The van der Waals surface area contributed by atoms with E-state index in [1.807, 2.05) is 0 Å². The van der Waals surface area contributed by atoms with Gasteiger partial charge in [0.15, 0.2) is 0 Å². The van der Waals surface area contributed by atoms with Gasteiger partial charge in [0.1, 0.15) is 6.29 Å². The standard InChI is InChI=1S/C9H14O/c1-7-4-9(2,3)5-8(7)6-10/h6H,4-5H2,1-3H3. The van der Waals surface area contributed by atoms with E-state index < -0.39 is 0 Å². The van der Waals surface area contributed by atoms with Gasteiger partial charge in [0, 0.05) is 0 Å². The average Bonchev–Trinajstić information content (AvgIpc) is 2.05. The van der Waals surface area contributed by atoms with E-state index in [-0.39, 0.29) is 0 Å². The van der Waals surface area contributed by atoms with Crippen LogP contribution in [0.3, 0.4) is 0 Å². The fraction of sp³-hybridized carbons (Fsp3) is 0.667. The van der Waals surface area contributed by atoms with Gasteiger partial charge >= 0.3 is 0 Å². The second kappa shape index (κ2) is 2.22. The molecule has 0 amide bonds. The van der Waals surface area contributed by atoms with Crippen molar-refractivity contribution in [1.29, 1.82) is 0 Å². The van der Waals surface area contributed by atoms with Crippen molar-refractivity contribution in [3.05, 3.63) is 11.1 Å². The number of carbonyl (C=O) groups excluding carboxylic acids is 1. The monoisotopic (exact) mass is 138 g/mol. The Kier molecular flexibility index (Phi) is 1.67. The van der Waals surface area contributed by atoms with E-state index in [0.717, 1.165) is 24.7 Å². The molecular formula is C9H14O. The predicted molar refractivity (Wildman–Crippen MR) is 41.8 cm³/mol. The smallest absolute Gasteiger partial charge is 0.145 e. The van der Waals surface area contributed by atoms with E-state index in [4.69, 9.17) is 0 Å². The highest BCUT2D eigenvalue weighted by molar-refractivity contribution is 5.75. The fourth-order valence-corrected chi connectivity index (χ4v) is 1.70. The number of hydrogen-bond acceptors (Lipinski definition) is 1. The molecule has 1 aliphatic rings. The maximum atomic E-state index is 10.4. The summed E-state index contributed by atoms with van der Waals surface area (Å²) in [6.45, 7) is 6.46. The summed E-state index contributed by atoms with van der Waals surface area (Å²) in [5.74, 6) is 0. The molecule has 0 aromatic rings. The van der Waals surface area contributed by atoms with Crippen LogP contribution in [0.15, 0.2) is 11.1 Å². The molecule has 0 radical (unpaired) electrons. The van der Waals surface area contributed by atoms with Crippen LogP contribution in [0, 0.1) is 5.41 Å². The first-order valence-electron chi connectivity index (χ1n) is 3.69. The van der Waals surface area contributed by atoms with E-state index >= 15 is 0 Å². The van der Waals surface area contributed by atoms with E-state index in [2.05, 4.69) is 20.8 Å². The molecule has 0 aromatic heterocycles. The Morgan fingerprint density at radius 1 is 1.40 bits per heavy atom. The van der Waals surface area contributed by atoms with Gasteiger partial charge in [0.05, 0.1) is 0 Å². The lowest BCUT2D eigenvalue weighted by molar-refractivity contribution is -0.105. The van der Waals surface area contributed by atoms with Gasteiger partial charge in [-0.3, -0.25) is 4.79 Å². The summed E-state index contributed by atoms with van der Waals surface area (Å²) in [5, 5.41) is 0. The number of carbonyl (C=O) groups is 1. The van der Waals surface area contributed by atoms with Gasteiger partial charge < -0.3 is 0 Å². The largest absolute Gasteiger partial charge is 0.298 e. The van der Waals surface area contributed by atoms with Crippen molar-refractivity contribution in [2.75, 3.05) is 0 Å². The molecule has 0 aromatic carbocycles. The van der Waals surface area contributed by atoms with E-state index in [1.165, 1.54) is 5.57 Å². The quantitative estimate of drug-likeness (QED) is 0.508. The highest BCUT2D eigenvalue weighted by Crippen LogP contribution is 2.39. The van der Waals surface area contributed by atoms with Crippen LogP contribution in [0.5, 0.6) is 0 Å². The predicted octanol–water partition coefficient (Wildman–Crippen LogP) is 2.32. The lowest BCUT2D eigenvalue weighted by atomic mass is 9.89. The van der Waals surface area contributed by atoms with Crippen LogP contribution in [0.4, 0.5) is 0 Å². The van der Waals surface area contributed by atoms with Gasteiger partial charge in [0.25, 0.3) is 0 Å². The van der Waals surface area contributed by atoms with Crippen LogP contribution in [-0.4, -0.2) is 6.29 Å². The molecule has 0 unspecified atom stereocenters. The Morgan fingerprint density at radius 3 is 2.20 bits per heavy atom. The van der Waals surface area contributed by atoms with Crippen LogP contribution in [0.25, 0.3) is 0 Å². The molecule has 1 rings (SSSR count). The van der Waals surface area contributed by atoms with Gasteiger partial charge in [-0.15, -0.1) is 0 Å². The average molecular weight is 138 g/mol. The zero-order valence-electron chi connectivity index (χ0n) is 6.90.